The lowest BCUT2D eigenvalue weighted by atomic mass is 10.1. The smallest absolute Gasteiger partial charge is 0.253 e. The highest BCUT2D eigenvalue weighted by Gasteiger charge is 2.30. The number of carbonyl (C=O) groups excluding carboxylic acids is 3. The largest absolute Gasteiger partial charge is 0.303 e. The van der Waals surface area contributed by atoms with Crippen molar-refractivity contribution < 1.29 is 19.2 Å². The Balaban J connectivity index is 2.05. The molecule has 0 aliphatic carbocycles. The molecule has 0 aromatic rings. The summed E-state index contributed by atoms with van der Waals surface area (Å²) in [6.45, 7) is 2.29. The summed E-state index contributed by atoms with van der Waals surface area (Å²) >= 11 is 0. The third kappa shape index (κ3) is 12.3. The molecule has 30 heavy (non-hydrogen) atoms. The van der Waals surface area contributed by atoms with Gasteiger partial charge in [0.15, 0.2) is 0 Å². The number of amides is 2. The van der Waals surface area contributed by atoms with Crippen LogP contribution in [0.2, 0.25) is 0 Å². The predicted octanol–water partition coefficient (Wildman–Crippen LogP) is 5.64. The molecule has 0 saturated carbocycles. The second kappa shape index (κ2) is 17.6. The standard InChI is InChI=1S/C25H37NO4/c1-2-3-4-5-6-7-8-9-10-11-12-13-14-15-16-17-18-23(21-27)22-30-26-24(28)19-20-25(26)29/h6-7,9-10,12-13,15-16,21,23H,2-5,8,11,14,17-20,22H2,1H3/b7-6-,10-9-,13-12-,16-15-. The van der Waals surface area contributed by atoms with Gasteiger partial charge in [0.05, 0.1) is 6.61 Å². The monoisotopic (exact) mass is 415 g/mol. The molecule has 1 aliphatic heterocycles. The van der Waals surface area contributed by atoms with E-state index in [4.69, 9.17) is 4.84 Å². The van der Waals surface area contributed by atoms with E-state index in [1.807, 2.05) is 6.08 Å². The number of nitrogens with zero attached hydrogens (tertiary/aromatic N) is 1. The van der Waals surface area contributed by atoms with E-state index < -0.39 is 0 Å². The van der Waals surface area contributed by atoms with Crippen molar-refractivity contribution in [1.29, 1.82) is 0 Å². The minimum Gasteiger partial charge on any atom is -0.303 e. The molecule has 1 atom stereocenters. The van der Waals surface area contributed by atoms with E-state index in [9.17, 15) is 14.4 Å². The molecule has 0 aromatic heterocycles. The summed E-state index contributed by atoms with van der Waals surface area (Å²) in [4.78, 5) is 39.3. The molecule has 1 fully saturated rings. The van der Waals surface area contributed by atoms with Crippen molar-refractivity contribution >= 4 is 18.1 Å². The quantitative estimate of drug-likeness (QED) is 0.133. The molecule has 1 aliphatic rings. The van der Waals surface area contributed by atoms with Crippen LogP contribution in [0.15, 0.2) is 48.6 Å². The molecule has 5 nitrogen and oxygen atoms in total. The summed E-state index contributed by atoms with van der Waals surface area (Å²) in [6.07, 6.45) is 27.8. The lowest BCUT2D eigenvalue weighted by molar-refractivity contribution is -0.191. The van der Waals surface area contributed by atoms with Crippen LogP contribution in [0.1, 0.15) is 77.6 Å². The van der Waals surface area contributed by atoms with Crippen LogP contribution in [0.5, 0.6) is 0 Å². The fourth-order valence-electron chi connectivity index (χ4n) is 2.93. The Morgan fingerprint density at radius 1 is 0.833 bits per heavy atom. The Bertz CT molecular complexity index is 603. The second-order valence-corrected chi connectivity index (χ2v) is 7.44. The fraction of sp³-hybridized carbons (Fsp3) is 0.560. The molecule has 1 unspecified atom stereocenters. The zero-order chi connectivity index (χ0) is 21.9. The van der Waals surface area contributed by atoms with Crippen molar-refractivity contribution in [3.63, 3.8) is 0 Å². The normalized spacial score (nSPS) is 16.2. The Morgan fingerprint density at radius 3 is 1.90 bits per heavy atom. The number of allylic oxidation sites excluding steroid dienone is 8. The van der Waals surface area contributed by atoms with E-state index in [2.05, 4.69) is 49.5 Å². The van der Waals surface area contributed by atoms with Gasteiger partial charge in [0, 0.05) is 18.8 Å². The van der Waals surface area contributed by atoms with Crippen LogP contribution >= 0.6 is 0 Å². The molecule has 0 bridgehead atoms. The third-order valence-corrected chi connectivity index (χ3v) is 4.78. The summed E-state index contributed by atoms with van der Waals surface area (Å²) in [6, 6.07) is 0. The van der Waals surface area contributed by atoms with Crippen molar-refractivity contribution in [3.05, 3.63) is 48.6 Å². The highest BCUT2D eigenvalue weighted by molar-refractivity contribution is 6.00. The van der Waals surface area contributed by atoms with E-state index in [1.165, 1.54) is 25.7 Å². The summed E-state index contributed by atoms with van der Waals surface area (Å²) in [5.74, 6) is -0.979. The van der Waals surface area contributed by atoms with Gasteiger partial charge in [-0.15, -0.1) is 0 Å². The highest BCUT2D eigenvalue weighted by Crippen LogP contribution is 2.14. The van der Waals surface area contributed by atoms with Crippen molar-refractivity contribution in [2.75, 3.05) is 6.61 Å². The number of aldehydes is 1. The highest BCUT2D eigenvalue weighted by atomic mass is 16.7. The van der Waals surface area contributed by atoms with Crippen LogP contribution in [-0.2, 0) is 19.2 Å². The molecule has 1 rings (SSSR count). The van der Waals surface area contributed by atoms with E-state index in [1.54, 1.807) is 0 Å². The van der Waals surface area contributed by atoms with E-state index in [-0.39, 0.29) is 37.2 Å². The molecule has 5 heteroatoms. The molecule has 1 saturated heterocycles. The number of imide groups is 1. The minimum absolute atomic E-state index is 0.0645. The average molecular weight is 416 g/mol. The number of hydroxylamine groups is 2. The van der Waals surface area contributed by atoms with Crippen molar-refractivity contribution in [3.8, 4) is 0 Å². The van der Waals surface area contributed by atoms with Crippen LogP contribution < -0.4 is 0 Å². The van der Waals surface area contributed by atoms with Gasteiger partial charge in [-0.25, -0.2) is 0 Å². The molecule has 0 spiro atoms. The van der Waals surface area contributed by atoms with Gasteiger partial charge in [0.25, 0.3) is 11.8 Å². The number of hydrogen-bond donors (Lipinski definition) is 0. The topological polar surface area (TPSA) is 63.7 Å². The van der Waals surface area contributed by atoms with Crippen LogP contribution in [0, 0.1) is 5.92 Å². The summed E-state index contributed by atoms with van der Waals surface area (Å²) in [5, 5.41) is 0.801. The fourth-order valence-corrected chi connectivity index (χ4v) is 2.93. The SMILES string of the molecule is CCCCC/C=C\C/C=C\C/C=C\C/C=C\CCC(C=O)CON1C(=O)CCC1=O. The second-order valence-electron chi connectivity index (χ2n) is 7.44. The van der Waals surface area contributed by atoms with Crippen molar-refractivity contribution in [1.82, 2.24) is 5.06 Å². The van der Waals surface area contributed by atoms with E-state index >= 15 is 0 Å². The maximum Gasteiger partial charge on any atom is 0.253 e. The van der Waals surface area contributed by atoms with Crippen molar-refractivity contribution in [2.45, 2.75) is 77.6 Å². The van der Waals surface area contributed by atoms with E-state index in [0.29, 0.717) is 6.42 Å². The van der Waals surface area contributed by atoms with Gasteiger partial charge in [-0.1, -0.05) is 68.4 Å². The van der Waals surface area contributed by atoms with Gasteiger partial charge in [-0.2, -0.15) is 5.06 Å². The van der Waals surface area contributed by atoms with Gasteiger partial charge in [0.2, 0.25) is 0 Å². The molecular weight excluding hydrogens is 378 g/mol. The molecule has 0 aromatic carbocycles. The average Bonchev–Trinajstić information content (AvgIpc) is 3.07. The molecule has 2 amide bonds. The molecule has 166 valence electrons. The first-order valence-corrected chi connectivity index (χ1v) is 11.2. The number of carbonyl (C=O) groups is 3. The minimum atomic E-state index is -0.329. The maximum atomic E-state index is 11.5. The number of rotatable bonds is 17. The van der Waals surface area contributed by atoms with Gasteiger partial charge in [-0.05, 0) is 44.9 Å². The Kier molecular flexibility index (Phi) is 15.1. The van der Waals surface area contributed by atoms with Crippen LogP contribution in [0.3, 0.4) is 0 Å². The Morgan fingerprint density at radius 2 is 1.37 bits per heavy atom. The van der Waals surface area contributed by atoms with Crippen LogP contribution in [0.4, 0.5) is 0 Å². The zero-order valence-corrected chi connectivity index (χ0v) is 18.3. The zero-order valence-electron chi connectivity index (χ0n) is 18.3. The molecule has 0 radical (unpaired) electrons. The summed E-state index contributed by atoms with van der Waals surface area (Å²) in [5.41, 5.74) is 0. The summed E-state index contributed by atoms with van der Waals surface area (Å²) in [7, 11) is 0. The van der Waals surface area contributed by atoms with E-state index in [0.717, 1.165) is 37.0 Å². The molecular formula is C25H37NO4. The van der Waals surface area contributed by atoms with Crippen molar-refractivity contribution in [2.24, 2.45) is 5.92 Å². The van der Waals surface area contributed by atoms with Gasteiger partial charge < -0.3 is 4.79 Å². The van der Waals surface area contributed by atoms with Crippen LogP contribution in [0.25, 0.3) is 0 Å². The lowest BCUT2D eigenvalue weighted by Crippen LogP contribution is -2.31. The Hall–Kier alpha value is -2.27. The number of hydrogen-bond acceptors (Lipinski definition) is 4. The summed E-state index contributed by atoms with van der Waals surface area (Å²) < 4.78 is 0. The van der Waals surface area contributed by atoms with Gasteiger partial charge in [0.1, 0.15) is 6.29 Å². The number of unbranched alkanes of at least 4 members (excludes halogenated alkanes) is 3. The Labute approximate surface area is 181 Å². The first-order valence-electron chi connectivity index (χ1n) is 11.2. The first kappa shape index (κ1) is 25.8. The maximum absolute atomic E-state index is 11.5. The first-order chi connectivity index (χ1) is 14.7. The third-order valence-electron chi connectivity index (χ3n) is 4.78. The van der Waals surface area contributed by atoms with Gasteiger partial charge >= 0.3 is 0 Å². The predicted molar refractivity (Wildman–Crippen MR) is 120 cm³/mol. The van der Waals surface area contributed by atoms with Gasteiger partial charge in [-0.3, -0.25) is 14.4 Å². The molecule has 1 heterocycles. The molecule has 0 N–H and O–H groups in total. The lowest BCUT2D eigenvalue weighted by Gasteiger charge is -2.15. The van der Waals surface area contributed by atoms with Crippen LogP contribution in [-0.4, -0.2) is 29.8 Å².